The van der Waals surface area contributed by atoms with Crippen molar-refractivity contribution in [1.29, 1.82) is 0 Å². The van der Waals surface area contributed by atoms with Crippen LogP contribution in [0.1, 0.15) is 13.3 Å². The van der Waals surface area contributed by atoms with Crippen molar-refractivity contribution in [1.82, 2.24) is 9.29 Å². The van der Waals surface area contributed by atoms with Gasteiger partial charge in [0, 0.05) is 38.2 Å². The maximum Gasteiger partial charge on any atom is 0.248 e. The van der Waals surface area contributed by atoms with Gasteiger partial charge >= 0.3 is 0 Å². The Bertz CT molecular complexity index is 566. The topological polar surface area (TPSA) is 79.5 Å². The summed E-state index contributed by atoms with van der Waals surface area (Å²) in [4.78, 5) is 14.0. The van der Waals surface area contributed by atoms with Gasteiger partial charge in [0.25, 0.3) is 0 Å². The zero-order valence-electron chi connectivity index (χ0n) is 10.1. The average molecular weight is 272 g/mol. The molecule has 0 spiro atoms. The molecular weight excluding hydrogens is 256 g/mol. The third-order valence-corrected chi connectivity index (χ3v) is 4.71. The predicted molar refractivity (Wildman–Crippen MR) is 65.9 cm³/mol. The summed E-state index contributed by atoms with van der Waals surface area (Å²) in [5.74, 6) is 0. The summed E-state index contributed by atoms with van der Waals surface area (Å²) >= 11 is 0. The summed E-state index contributed by atoms with van der Waals surface area (Å²) in [5, 5.41) is 0. The van der Waals surface area contributed by atoms with Crippen LogP contribution < -0.4 is 5.43 Å². The lowest BCUT2D eigenvalue weighted by atomic mass is 10.4. The Hall–Kier alpha value is -1.18. The zero-order chi connectivity index (χ0) is 13.2. The van der Waals surface area contributed by atoms with Crippen LogP contribution in [0.4, 0.5) is 0 Å². The van der Waals surface area contributed by atoms with Crippen molar-refractivity contribution in [3.8, 4) is 0 Å². The molecule has 1 aromatic heterocycles. The molecule has 100 valence electrons. The van der Waals surface area contributed by atoms with Crippen LogP contribution in [-0.2, 0) is 14.8 Å². The standard InChI is InChI=1S/C11H16N2O4S/c1-9-8-13(5-2-6-17-9)18(15,16)11-7-12-4-3-10(11)14/h3-4,7,9H,2,5-6,8H2,1H3,(H,12,14). The summed E-state index contributed by atoms with van der Waals surface area (Å²) in [6, 6.07) is 1.21. The number of aromatic nitrogens is 1. The Morgan fingerprint density at radius 3 is 3.00 bits per heavy atom. The van der Waals surface area contributed by atoms with Crippen molar-refractivity contribution in [3.05, 3.63) is 28.7 Å². The van der Waals surface area contributed by atoms with E-state index in [0.29, 0.717) is 19.6 Å². The number of hydrogen-bond donors (Lipinski definition) is 1. The first-order valence-electron chi connectivity index (χ1n) is 5.80. The van der Waals surface area contributed by atoms with Gasteiger partial charge in [-0.25, -0.2) is 8.42 Å². The monoisotopic (exact) mass is 272 g/mol. The second kappa shape index (κ2) is 5.21. The SMILES string of the molecule is CC1CN(S(=O)(=O)c2c[nH]ccc2=O)CCCO1. The van der Waals surface area contributed by atoms with Crippen LogP contribution in [0.15, 0.2) is 28.2 Å². The van der Waals surface area contributed by atoms with E-state index in [9.17, 15) is 13.2 Å². The van der Waals surface area contributed by atoms with E-state index in [4.69, 9.17) is 4.74 Å². The number of aromatic amines is 1. The molecule has 7 heteroatoms. The molecule has 2 rings (SSSR count). The number of pyridine rings is 1. The lowest BCUT2D eigenvalue weighted by Gasteiger charge is -2.21. The lowest BCUT2D eigenvalue weighted by molar-refractivity contribution is 0.0752. The minimum atomic E-state index is -3.74. The van der Waals surface area contributed by atoms with Crippen molar-refractivity contribution >= 4 is 10.0 Å². The Kier molecular flexibility index (Phi) is 3.84. The highest BCUT2D eigenvalue weighted by Gasteiger charge is 2.29. The first kappa shape index (κ1) is 13.3. The molecule has 0 bridgehead atoms. The molecule has 0 amide bonds. The highest BCUT2D eigenvalue weighted by Crippen LogP contribution is 2.15. The van der Waals surface area contributed by atoms with E-state index < -0.39 is 15.5 Å². The number of ether oxygens (including phenoxy) is 1. The molecule has 18 heavy (non-hydrogen) atoms. The van der Waals surface area contributed by atoms with Crippen molar-refractivity contribution < 1.29 is 13.2 Å². The number of sulfonamides is 1. The van der Waals surface area contributed by atoms with E-state index in [-0.39, 0.29) is 17.5 Å². The van der Waals surface area contributed by atoms with Crippen LogP contribution in [0.2, 0.25) is 0 Å². The first-order chi connectivity index (χ1) is 8.51. The predicted octanol–water partition coefficient (Wildman–Crippen LogP) is 0.174. The Morgan fingerprint density at radius 1 is 1.50 bits per heavy atom. The highest BCUT2D eigenvalue weighted by molar-refractivity contribution is 7.89. The second-order valence-electron chi connectivity index (χ2n) is 4.27. The Morgan fingerprint density at radius 2 is 2.28 bits per heavy atom. The van der Waals surface area contributed by atoms with Gasteiger partial charge in [-0.05, 0) is 13.3 Å². The molecule has 0 saturated carbocycles. The molecule has 1 atom stereocenters. The number of nitrogens with one attached hydrogen (secondary N) is 1. The van der Waals surface area contributed by atoms with Crippen LogP contribution in [-0.4, -0.2) is 43.5 Å². The quantitative estimate of drug-likeness (QED) is 0.832. The van der Waals surface area contributed by atoms with Gasteiger partial charge < -0.3 is 9.72 Å². The van der Waals surface area contributed by atoms with Gasteiger partial charge in [0.1, 0.15) is 4.90 Å². The van der Waals surface area contributed by atoms with Gasteiger partial charge in [-0.1, -0.05) is 0 Å². The van der Waals surface area contributed by atoms with Crippen LogP contribution >= 0.6 is 0 Å². The van der Waals surface area contributed by atoms with Crippen molar-refractivity contribution in [2.75, 3.05) is 19.7 Å². The molecule has 1 saturated heterocycles. The van der Waals surface area contributed by atoms with Gasteiger partial charge in [-0.15, -0.1) is 0 Å². The first-order valence-corrected chi connectivity index (χ1v) is 7.24. The Labute approximate surface area is 106 Å². The van der Waals surface area contributed by atoms with Crippen LogP contribution in [0.5, 0.6) is 0 Å². The Balaban J connectivity index is 2.36. The van der Waals surface area contributed by atoms with E-state index in [1.54, 1.807) is 0 Å². The molecule has 1 fully saturated rings. The molecule has 0 radical (unpaired) electrons. The van der Waals surface area contributed by atoms with Gasteiger partial charge in [-0.2, -0.15) is 4.31 Å². The van der Waals surface area contributed by atoms with Gasteiger partial charge in [0.15, 0.2) is 0 Å². The van der Waals surface area contributed by atoms with Gasteiger partial charge in [-0.3, -0.25) is 4.79 Å². The van der Waals surface area contributed by atoms with Crippen molar-refractivity contribution in [2.45, 2.75) is 24.3 Å². The van der Waals surface area contributed by atoms with Crippen LogP contribution in [0, 0.1) is 0 Å². The number of H-pyrrole nitrogens is 1. The molecule has 2 heterocycles. The molecule has 1 unspecified atom stereocenters. The summed E-state index contributed by atoms with van der Waals surface area (Å²) in [6.45, 7) is 3.01. The maximum atomic E-state index is 12.4. The smallest absolute Gasteiger partial charge is 0.248 e. The molecule has 1 aliphatic rings. The zero-order valence-corrected chi connectivity index (χ0v) is 10.9. The third-order valence-electron chi connectivity index (χ3n) is 2.82. The minimum absolute atomic E-state index is 0.162. The van der Waals surface area contributed by atoms with E-state index in [0.717, 1.165) is 0 Å². The molecule has 0 aliphatic carbocycles. The fraction of sp³-hybridized carbons (Fsp3) is 0.545. The van der Waals surface area contributed by atoms with E-state index in [2.05, 4.69) is 4.98 Å². The van der Waals surface area contributed by atoms with Crippen molar-refractivity contribution in [3.63, 3.8) is 0 Å². The molecule has 6 nitrogen and oxygen atoms in total. The minimum Gasteiger partial charge on any atom is -0.377 e. The lowest BCUT2D eigenvalue weighted by Crippen LogP contribution is -2.37. The molecule has 1 aromatic rings. The van der Waals surface area contributed by atoms with Crippen LogP contribution in [0.3, 0.4) is 0 Å². The van der Waals surface area contributed by atoms with Gasteiger partial charge in [0.2, 0.25) is 15.5 Å². The van der Waals surface area contributed by atoms with E-state index in [1.807, 2.05) is 6.92 Å². The fourth-order valence-electron chi connectivity index (χ4n) is 1.92. The largest absolute Gasteiger partial charge is 0.377 e. The van der Waals surface area contributed by atoms with Crippen LogP contribution in [0.25, 0.3) is 0 Å². The normalized spacial score (nSPS) is 22.6. The van der Waals surface area contributed by atoms with Crippen molar-refractivity contribution in [2.24, 2.45) is 0 Å². The molecule has 1 N–H and O–H groups in total. The number of rotatable bonds is 2. The number of nitrogens with zero attached hydrogens (tertiary/aromatic N) is 1. The van der Waals surface area contributed by atoms with E-state index >= 15 is 0 Å². The molecular formula is C11H16N2O4S. The summed E-state index contributed by atoms with van der Waals surface area (Å²) < 4.78 is 31.4. The van der Waals surface area contributed by atoms with E-state index in [1.165, 1.54) is 22.8 Å². The average Bonchev–Trinajstić information content (AvgIpc) is 2.54. The summed E-state index contributed by atoms with van der Waals surface area (Å²) in [5.41, 5.74) is -0.494. The highest BCUT2D eigenvalue weighted by atomic mass is 32.2. The number of hydrogen-bond acceptors (Lipinski definition) is 4. The maximum absolute atomic E-state index is 12.4. The molecule has 0 aromatic carbocycles. The summed E-state index contributed by atoms with van der Waals surface area (Å²) in [6.07, 6.45) is 3.11. The third kappa shape index (κ3) is 2.63. The van der Waals surface area contributed by atoms with Gasteiger partial charge in [0.05, 0.1) is 6.10 Å². The fourth-order valence-corrected chi connectivity index (χ4v) is 3.51. The molecule has 1 aliphatic heterocycles. The second-order valence-corrected chi connectivity index (χ2v) is 6.18. The summed E-state index contributed by atoms with van der Waals surface area (Å²) in [7, 11) is -3.74.